The van der Waals surface area contributed by atoms with Gasteiger partial charge in [0.1, 0.15) is 0 Å². The number of amides is 1. The Morgan fingerprint density at radius 1 is 1.20 bits per heavy atom. The number of benzene rings is 1. The Hall–Kier alpha value is -0.870. The molecule has 3 nitrogen and oxygen atoms in total. The number of hydrogen-bond donors (Lipinski definition) is 2. The van der Waals surface area contributed by atoms with Crippen molar-refractivity contribution in [3.05, 3.63) is 34.3 Å². The van der Waals surface area contributed by atoms with E-state index in [0.717, 1.165) is 49.7 Å². The van der Waals surface area contributed by atoms with Crippen LogP contribution in [-0.4, -0.2) is 25.0 Å². The van der Waals surface area contributed by atoms with Crippen LogP contribution in [0, 0.1) is 0 Å². The number of rotatable bonds is 3. The molecule has 0 aromatic heterocycles. The molecule has 0 bridgehead atoms. The molecule has 1 heterocycles. The summed E-state index contributed by atoms with van der Waals surface area (Å²) in [6, 6.07) is 8.59. The monoisotopic (exact) mass is 336 g/mol. The Labute approximate surface area is 128 Å². The fourth-order valence-corrected chi connectivity index (χ4v) is 3.50. The molecule has 0 radical (unpaired) electrons. The van der Waals surface area contributed by atoms with Crippen molar-refractivity contribution in [1.29, 1.82) is 0 Å². The highest BCUT2D eigenvalue weighted by Gasteiger charge is 2.46. The van der Waals surface area contributed by atoms with Crippen LogP contribution >= 0.6 is 15.9 Å². The summed E-state index contributed by atoms with van der Waals surface area (Å²) in [6.07, 6.45) is 5.19. The van der Waals surface area contributed by atoms with Gasteiger partial charge in [0, 0.05) is 10.5 Å². The minimum absolute atomic E-state index is 0.234. The Balaban J connectivity index is 1.74. The van der Waals surface area contributed by atoms with Crippen LogP contribution in [0.5, 0.6) is 0 Å². The van der Waals surface area contributed by atoms with Crippen molar-refractivity contribution >= 4 is 21.8 Å². The number of carbonyl (C=O) groups is 1. The molecule has 0 atom stereocenters. The van der Waals surface area contributed by atoms with Crippen molar-refractivity contribution in [3.63, 3.8) is 0 Å². The standard InChI is InChI=1S/C16H21BrN2O/c17-13-4-2-12(3-5-13)16(8-1-9-16)15(20)19-14-6-10-18-11-7-14/h2-5,14,18H,1,6-11H2,(H,19,20). The van der Waals surface area contributed by atoms with Gasteiger partial charge in [0.2, 0.25) is 5.91 Å². The summed E-state index contributed by atoms with van der Waals surface area (Å²) in [4.78, 5) is 12.8. The first-order valence-corrected chi connectivity index (χ1v) is 8.28. The topological polar surface area (TPSA) is 41.1 Å². The minimum Gasteiger partial charge on any atom is -0.353 e. The van der Waals surface area contributed by atoms with E-state index in [-0.39, 0.29) is 11.3 Å². The fourth-order valence-electron chi connectivity index (χ4n) is 3.24. The van der Waals surface area contributed by atoms with Gasteiger partial charge in [-0.25, -0.2) is 0 Å². The van der Waals surface area contributed by atoms with E-state index in [1.54, 1.807) is 0 Å². The smallest absolute Gasteiger partial charge is 0.230 e. The molecule has 1 saturated heterocycles. The van der Waals surface area contributed by atoms with Crippen LogP contribution < -0.4 is 10.6 Å². The Bertz CT molecular complexity index is 476. The van der Waals surface area contributed by atoms with Crippen LogP contribution in [0.25, 0.3) is 0 Å². The van der Waals surface area contributed by atoms with Crippen molar-refractivity contribution in [1.82, 2.24) is 10.6 Å². The molecule has 2 fully saturated rings. The van der Waals surface area contributed by atoms with E-state index < -0.39 is 0 Å². The summed E-state index contributed by atoms with van der Waals surface area (Å²) < 4.78 is 1.06. The average Bonchev–Trinajstić information content (AvgIpc) is 2.41. The minimum atomic E-state index is -0.272. The molecular weight excluding hydrogens is 316 g/mol. The van der Waals surface area contributed by atoms with Crippen LogP contribution in [0.15, 0.2) is 28.7 Å². The predicted octanol–water partition coefficient (Wildman–Crippen LogP) is 2.74. The van der Waals surface area contributed by atoms with E-state index in [1.807, 2.05) is 12.1 Å². The van der Waals surface area contributed by atoms with Crippen LogP contribution in [0.4, 0.5) is 0 Å². The van der Waals surface area contributed by atoms with Gasteiger partial charge in [0.05, 0.1) is 5.41 Å². The summed E-state index contributed by atoms with van der Waals surface area (Å²) in [7, 11) is 0. The maximum Gasteiger partial charge on any atom is 0.230 e. The quantitative estimate of drug-likeness (QED) is 0.891. The largest absolute Gasteiger partial charge is 0.353 e. The van der Waals surface area contributed by atoms with E-state index in [0.29, 0.717) is 6.04 Å². The molecule has 1 amide bonds. The lowest BCUT2D eigenvalue weighted by Gasteiger charge is -2.42. The summed E-state index contributed by atoms with van der Waals surface area (Å²) >= 11 is 3.46. The lowest BCUT2D eigenvalue weighted by atomic mass is 9.63. The summed E-state index contributed by atoms with van der Waals surface area (Å²) in [5.41, 5.74) is 0.893. The molecular formula is C16H21BrN2O. The maximum atomic E-state index is 12.8. The highest BCUT2D eigenvalue weighted by molar-refractivity contribution is 9.10. The van der Waals surface area contributed by atoms with Crippen LogP contribution in [-0.2, 0) is 10.2 Å². The highest BCUT2D eigenvalue weighted by atomic mass is 79.9. The number of halogens is 1. The Kier molecular flexibility index (Phi) is 4.13. The van der Waals surface area contributed by atoms with E-state index >= 15 is 0 Å². The number of hydrogen-bond acceptors (Lipinski definition) is 2. The van der Waals surface area contributed by atoms with E-state index in [4.69, 9.17) is 0 Å². The molecule has 2 N–H and O–H groups in total. The summed E-state index contributed by atoms with van der Waals surface area (Å²) in [5, 5.41) is 6.62. The van der Waals surface area contributed by atoms with Gasteiger partial charge >= 0.3 is 0 Å². The highest BCUT2D eigenvalue weighted by Crippen LogP contribution is 2.44. The van der Waals surface area contributed by atoms with Gasteiger partial charge in [-0.05, 0) is 56.5 Å². The second kappa shape index (κ2) is 5.86. The zero-order valence-corrected chi connectivity index (χ0v) is 13.2. The number of carbonyl (C=O) groups excluding carboxylic acids is 1. The molecule has 3 rings (SSSR count). The van der Waals surface area contributed by atoms with Gasteiger partial charge in [-0.3, -0.25) is 4.79 Å². The van der Waals surface area contributed by atoms with E-state index in [1.165, 1.54) is 5.56 Å². The van der Waals surface area contributed by atoms with Crippen molar-refractivity contribution in [3.8, 4) is 0 Å². The molecule has 0 unspecified atom stereocenters. The first-order valence-electron chi connectivity index (χ1n) is 7.48. The second-order valence-corrected chi connectivity index (χ2v) is 6.86. The molecule has 1 aliphatic heterocycles. The maximum absolute atomic E-state index is 12.8. The van der Waals surface area contributed by atoms with Crippen LogP contribution in [0.1, 0.15) is 37.7 Å². The molecule has 0 spiro atoms. The SMILES string of the molecule is O=C(NC1CCNCC1)C1(c2ccc(Br)cc2)CCC1. The van der Waals surface area contributed by atoms with Gasteiger partial charge in [-0.1, -0.05) is 34.5 Å². The van der Waals surface area contributed by atoms with Crippen molar-refractivity contribution < 1.29 is 4.79 Å². The molecule has 2 aliphatic rings. The molecule has 4 heteroatoms. The molecule has 1 aliphatic carbocycles. The lowest BCUT2D eigenvalue weighted by molar-refractivity contribution is -0.130. The fraction of sp³-hybridized carbons (Fsp3) is 0.562. The summed E-state index contributed by atoms with van der Waals surface area (Å²) in [5.74, 6) is 0.234. The zero-order chi connectivity index (χ0) is 14.0. The third kappa shape index (κ3) is 2.63. The van der Waals surface area contributed by atoms with Gasteiger partial charge in [-0.2, -0.15) is 0 Å². The van der Waals surface area contributed by atoms with Gasteiger partial charge in [0.25, 0.3) is 0 Å². The van der Waals surface area contributed by atoms with Gasteiger partial charge in [0.15, 0.2) is 0 Å². The lowest BCUT2D eigenvalue weighted by Crippen LogP contribution is -2.53. The molecule has 20 heavy (non-hydrogen) atoms. The first kappa shape index (κ1) is 14.1. The molecule has 1 saturated carbocycles. The molecule has 108 valence electrons. The zero-order valence-electron chi connectivity index (χ0n) is 11.6. The average molecular weight is 337 g/mol. The Morgan fingerprint density at radius 3 is 2.40 bits per heavy atom. The van der Waals surface area contributed by atoms with Crippen LogP contribution in [0.3, 0.4) is 0 Å². The van der Waals surface area contributed by atoms with Crippen LogP contribution in [0.2, 0.25) is 0 Å². The van der Waals surface area contributed by atoms with Gasteiger partial charge < -0.3 is 10.6 Å². The third-order valence-electron chi connectivity index (χ3n) is 4.71. The van der Waals surface area contributed by atoms with E-state index in [2.05, 4.69) is 38.7 Å². The number of nitrogens with one attached hydrogen (secondary N) is 2. The predicted molar refractivity (Wildman–Crippen MR) is 83.7 cm³/mol. The summed E-state index contributed by atoms with van der Waals surface area (Å²) in [6.45, 7) is 2.02. The second-order valence-electron chi connectivity index (χ2n) is 5.94. The Morgan fingerprint density at radius 2 is 1.85 bits per heavy atom. The number of piperidine rings is 1. The normalized spacial score (nSPS) is 22.1. The van der Waals surface area contributed by atoms with E-state index in [9.17, 15) is 4.79 Å². The molecule has 1 aromatic rings. The first-order chi connectivity index (χ1) is 9.71. The van der Waals surface area contributed by atoms with Crippen molar-refractivity contribution in [2.45, 2.75) is 43.6 Å². The molecule has 1 aromatic carbocycles. The van der Waals surface area contributed by atoms with Crippen molar-refractivity contribution in [2.24, 2.45) is 0 Å². The van der Waals surface area contributed by atoms with Crippen molar-refractivity contribution in [2.75, 3.05) is 13.1 Å². The van der Waals surface area contributed by atoms with Gasteiger partial charge in [-0.15, -0.1) is 0 Å². The third-order valence-corrected chi connectivity index (χ3v) is 5.24.